The predicted molar refractivity (Wildman–Crippen MR) is 76.3 cm³/mol. The SMILES string of the molecule is Cc1ccc(C(=O)NC2CC3CCC(C2)N3)c(C)c1. The molecule has 0 aliphatic carbocycles. The van der Waals surface area contributed by atoms with Crippen LogP contribution in [0.2, 0.25) is 0 Å². The molecule has 1 aromatic rings. The van der Waals surface area contributed by atoms with Gasteiger partial charge >= 0.3 is 0 Å². The van der Waals surface area contributed by atoms with E-state index in [9.17, 15) is 4.79 Å². The quantitative estimate of drug-likeness (QED) is 0.854. The normalized spacial score (nSPS) is 29.3. The molecule has 3 nitrogen and oxygen atoms in total. The summed E-state index contributed by atoms with van der Waals surface area (Å²) in [4.78, 5) is 12.3. The average molecular weight is 258 g/mol. The Labute approximate surface area is 114 Å². The number of aryl methyl sites for hydroxylation is 2. The minimum atomic E-state index is 0.0869. The molecule has 0 saturated carbocycles. The van der Waals surface area contributed by atoms with Crippen molar-refractivity contribution in [1.29, 1.82) is 0 Å². The molecule has 1 aromatic carbocycles. The van der Waals surface area contributed by atoms with E-state index in [1.165, 1.54) is 18.4 Å². The lowest BCUT2D eigenvalue weighted by atomic mass is 9.98. The van der Waals surface area contributed by atoms with Crippen LogP contribution in [-0.4, -0.2) is 24.0 Å². The number of piperidine rings is 1. The summed E-state index contributed by atoms with van der Waals surface area (Å²) < 4.78 is 0. The van der Waals surface area contributed by atoms with Gasteiger partial charge in [-0.1, -0.05) is 17.7 Å². The van der Waals surface area contributed by atoms with Gasteiger partial charge in [0.2, 0.25) is 0 Å². The van der Waals surface area contributed by atoms with E-state index in [2.05, 4.69) is 23.6 Å². The van der Waals surface area contributed by atoms with Crippen LogP contribution in [0.4, 0.5) is 0 Å². The van der Waals surface area contributed by atoms with Gasteiger partial charge in [-0.2, -0.15) is 0 Å². The first-order chi connectivity index (χ1) is 9.11. The molecule has 0 aromatic heterocycles. The summed E-state index contributed by atoms with van der Waals surface area (Å²) in [6, 6.07) is 7.59. The van der Waals surface area contributed by atoms with Crippen molar-refractivity contribution in [2.45, 2.75) is 57.7 Å². The van der Waals surface area contributed by atoms with Gasteiger partial charge in [-0.3, -0.25) is 4.79 Å². The summed E-state index contributed by atoms with van der Waals surface area (Å²) in [6.45, 7) is 4.06. The fourth-order valence-electron chi connectivity index (χ4n) is 3.51. The Morgan fingerprint density at radius 2 is 1.89 bits per heavy atom. The van der Waals surface area contributed by atoms with E-state index in [0.717, 1.165) is 24.0 Å². The Morgan fingerprint density at radius 3 is 2.53 bits per heavy atom. The van der Waals surface area contributed by atoms with Crippen molar-refractivity contribution in [2.75, 3.05) is 0 Å². The highest BCUT2D eigenvalue weighted by Gasteiger charge is 2.34. The highest BCUT2D eigenvalue weighted by molar-refractivity contribution is 5.95. The molecule has 0 radical (unpaired) electrons. The van der Waals surface area contributed by atoms with Crippen LogP contribution in [0.25, 0.3) is 0 Å². The van der Waals surface area contributed by atoms with E-state index in [-0.39, 0.29) is 5.91 Å². The molecule has 2 fully saturated rings. The van der Waals surface area contributed by atoms with Crippen molar-refractivity contribution >= 4 is 5.91 Å². The van der Waals surface area contributed by atoms with E-state index < -0.39 is 0 Å². The Kier molecular flexibility index (Phi) is 3.31. The fraction of sp³-hybridized carbons (Fsp3) is 0.562. The van der Waals surface area contributed by atoms with Crippen molar-refractivity contribution in [3.63, 3.8) is 0 Å². The van der Waals surface area contributed by atoms with Gasteiger partial charge in [0.05, 0.1) is 0 Å². The summed E-state index contributed by atoms with van der Waals surface area (Å²) in [5.74, 6) is 0.0869. The monoisotopic (exact) mass is 258 g/mol. The van der Waals surface area contributed by atoms with E-state index in [4.69, 9.17) is 0 Å². The third-order valence-electron chi connectivity index (χ3n) is 4.43. The number of nitrogens with one attached hydrogen (secondary N) is 2. The maximum atomic E-state index is 12.3. The zero-order valence-corrected chi connectivity index (χ0v) is 11.7. The van der Waals surface area contributed by atoms with Crippen molar-refractivity contribution in [3.05, 3.63) is 34.9 Å². The summed E-state index contributed by atoms with van der Waals surface area (Å²) >= 11 is 0. The van der Waals surface area contributed by atoms with E-state index in [1.54, 1.807) is 0 Å². The van der Waals surface area contributed by atoms with Crippen molar-refractivity contribution in [2.24, 2.45) is 0 Å². The average Bonchev–Trinajstić information content (AvgIpc) is 2.68. The number of fused-ring (bicyclic) bond motifs is 2. The van der Waals surface area contributed by atoms with Crippen molar-refractivity contribution < 1.29 is 4.79 Å². The molecule has 2 unspecified atom stereocenters. The minimum absolute atomic E-state index is 0.0869. The third kappa shape index (κ3) is 2.66. The van der Waals surface area contributed by atoms with Gasteiger partial charge < -0.3 is 10.6 Å². The molecular weight excluding hydrogens is 236 g/mol. The Balaban J connectivity index is 1.68. The van der Waals surface area contributed by atoms with E-state index in [0.29, 0.717) is 18.1 Å². The molecule has 2 bridgehead atoms. The van der Waals surface area contributed by atoms with Crippen LogP contribution >= 0.6 is 0 Å². The van der Waals surface area contributed by atoms with E-state index in [1.807, 2.05) is 19.1 Å². The van der Waals surface area contributed by atoms with Crippen LogP contribution in [0, 0.1) is 13.8 Å². The molecule has 3 heteroatoms. The topological polar surface area (TPSA) is 41.1 Å². The molecule has 3 rings (SSSR count). The fourth-order valence-corrected chi connectivity index (χ4v) is 3.51. The van der Waals surface area contributed by atoms with Crippen LogP contribution in [0.15, 0.2) is 18.2 Å². The third-order valence-corrected chi connectivity index (χ3v) is 4.43. The Morgan fingerprint density at radius 1 is 1.21 bits per heavy atom. The second-order valence-electron chi connectivity index (χ2n) is 6.10. The van der Waals surface area contributed by atoms with Crippen LogP contribution in [0.1, 0.15) is 47.2 Å². The molecule has 2 aliphatic rings. The molecule has 1 amide bonds. The van der Waals surface area contributed by atoms with Gasteiger partial charge in [-0.25, -0.2) is 0 Å². The Bertz CT molecular complexity index is 486. The first-order valence-corrected chi connectivity index (χ1v) is 7.26. The van der Waals surface area contributed by atoms with Gasteiger partial charge in [0.25, 0.3) is 5.91 Å². The molecule has 2 atom stereocenters. The molecule has 102 valence electrons. The minimum Gasteiger partial charge on any atom is -0.349 e. The predicted octanol–water partition coefficient (Wildman–Crippen LogP) is 2.32. The van der Waals surface area contributed by atoms with Gasteiger partial charge in [0.1, 0.15) is 0 Å². The van der Waals surface area contributed by atoms with Crippen LogP contribution in [0.5, 0.6) is 0 Å². The maximum Gasteiger partial charge on any atom is 0.251 e. The van der Waals surface area contributed by atoms with Gasteiger partial charge in [0.15, 0.2) is 0 Å². The summed E-state index contributed by atoms with van der Waals surface area (Å²) in [6.07, 6.45) is 4.68. The largest absolute Gasteiger partial charge is 0.349 e. The first-order valence-electron chi connectivity index (χ1n) is 7.26. The number of carbonyl (C=O) groups excluding carboxylic acids is 1. The summed E-state index contributed by atoms with van der Waals surface area (Å²) in [7, 11) is 0. The maximum absolute atomic E-state index is 12.3. The zero-order valence-electron chi connectivity index (χ0n) is 11.7. The van der Waals surface area contributed by atoms with Crippen LogP contribution < -0.4 is 10.6 Å². The summed E-state index contributed by atoms with van der Waals surface area (Å²) in [5.41, 5.74) is 3.08. The van der Waals surface area contributed by atoms with Gasteiger partial charge in [-0.05, 0) is 51.2 Å². The Hall–Kier alpha value is -1.35. The number of rotatable bonds is 2. The lowest BCUT2D eigenvalue weighted by Crippen LogP contribution is -2.48. The highest BCUT2D eigenvalue weighted by Crippen LogP contribution is 2.27. The molecule has 2 N–H and O–H groups in total. The number of hydrogen-bond acceptors (Lipinski definition) is 2. The van der Waals surface area contributed by atoms with Gasteiger partial charge in [-0.15, -0.1) is 0 Å². The molecule has 2 heterocycles. The second kappa shape index (κ2) is 4.97. The highest BCUT2D eigenvalue weighted by atomic mass is 16.1. The van der Waals surface area contributed by atoms with Crippen LogP contribution in [-0.2, 0) is 0 Å². The van der Waals surface area contributed by atoms with Gasteiger partial charge in [0, 0.05) is 23.7 Å². The number of carbonyl (C=O) groups is 1. The lowest BCUT2D eigenvalue weighted by Gasteiger charge is -2.29. The molecule has 19 heavy (non-hydrogen) atoms. The molecule has 2 saturated heterocycles. The van der Waals surface area contributed by atoms with Crippen LogP contribution in [0.3, 0.4) is 0 Å². The standard InChI is InChI=1S/C16H22N2O/c1-10-3-6-15(11(2)7-10)16(19)18-14-8-12-4-5-13(9-14)17-12/h3,6-7,12-14,17H,4-5,8-9H2,1-2H3,(H,18,19). The van der Waals surface area contributed by atoms with E-state index >= 15 is 0 Å². The zero-order chi connectivity index (χ0) is 13.4. The second-order valence-corrected chi connectivity index (χ2v) is 6.10. The molecular formula is C16H22N2O. The molecule has 0 spiro atoms. The number of hydrogen-bond donors (Lipinski definition) is 2. The first kappa shape index (κ1) is 12.7. The number of amides is 1. The van der Waals surface area contributed by atoms with Crippen molar-refractivity contribution in [3.8, 4) is 0 Å². The summed E-state index contributed by atoms with van der Waals surface area (Å²) in [5, 5.41) is 6.82. The molecule has 2 aliphatic heterocycles. The lowest BCUT2D eigenvalue weighted by molar-refractivity contribution is 0.0923. The van der Waals surface area contributed by atoms with Crippen molar-refractivity contribution in [1.82, 2.24) is 10.6 Å². The number of benzene rings is 1. The smallest absolute Gasteiger partial charge is 0.251 e.